The van der Waals surface area contributed by atoms with Crippen LogP contribution in [0.1, 0.15) is 78.8 Å². The summed E-state index contributed by atoms with van der Waals surface area (Å²) in [7, 11) is 1.79. The second-order valence-electron chi connectivity index (χ2n) is 7.62. The molecule has 22 heavy (non-hydrogen) atoms. The van der Waals surface area contributed by atoms with Gasteiger partial charge in [0.05, 0.1) is 6.10 Å². The highest BCUT2D eigenvalue weighted by molar-refractivity contribution is 6.05. The summed E-state index contributed by atoms with van der Waals surface area (Å²) in [4.78, 5) is 13.1. The summed E-state index contributed by atoms with van der Waals surface area (Å²) in [5.41, 5.74) is 3.64. The van der Waals surface area contributed by atoms with Crippen LogP contribution >= 0.6 is 0 Å². The van der Waals surface area contributed by atoms with E-state index < -0.39 is 0 Å². The number of carbonyl (C=O) groups is 1. The zero-order valence-electron chi connectivity index (χ0n) is 13.6. The first-order valence-electron chi connectivity index (χ1n) is 8.92. The fourth-order valence-electron chi connectivity index (χ4n) is 4.99. The molecule has 0 amide bonds. The Hall–Kier alpha value is -1.15. The molecule has 2 nitrogen and oxygen atoms in total. The molecular formula is C20H26O2. The van der Waals surface area contributed by atoms with Gasteiger partial charge in [0, 0.05) is 18.1 Å². The molecule has 1 spiro atoms. The van der Waals surface area contributed by atoms with Gasteiger partial charge >= 0.3 is 0 Å². The van der Waals surface area contributed by atoms with Gasteiger partial charge in [-0.2, -0.15) is 0 Å². The van der Waals surface area contributed by atoms with Crippen LogP contribution in [0.2, 0.25) is 0 Å². The number of Topliss-reactive ketones (excluding diaryl/α,β-unsaturated/α-hetero) is 1. The lowest BCUT2D eigenvalue weighted by molar-refractivity contribution is 0.0285. The van der Waals surface area contributed by atoms with E-state index in [9.17, 15) is 4.79 Å². The van der Waals surface area contributed by atoms with Crippen LogP contribution in [-0.4, -0.2) is 19.0 Å². The highest BCUT2D eigenvalue weighted by Gasteiger charge is 2.47. The maximum atomic E-state index is 13.1. The Morgan fingerprint density at radius 3 is 2.50 bits per heavy atom. The van der Waals surface area contributed by atoms with Gasteiger partial charge in [0.1, 0.15) is 0 Å². The largest absolute Gasteiger partial charge is 0.381 e. The highest BCUT2D eigenvalue weighted by atomic mass is 16.5. The van der Waals surface area contributed by atoms with Crippen molar-refractivity contribution in [1.29, 1.82) is 0 Å². The monoisotopic (exact) mass is 298 g/mol. The van der Waals surface area contributed by atoms with E-state index in [1.165, 1.54) is 36.8 Å². The van der Waals surface area contributed by atoms with Crippen LogP contribution in [-0.2, 0) is 11.2 Å². The van der Waals surface area contributed by atoms with Crippen molar-refractivity contribution in [2.75, 3.05) is 7.11 Å². The van der Waals surface area contributed by atoms with E-state index in [0.29, 0.717) is 17.8 Å². The second kappa shape index (κ2) is 5.49. The number of ketones is 1. The molecule has 0 saturated heterocycles. The summed E-state index contributed by atoms with van der Waals surface area (Å²) < 4.78 is 5.48. The van der Waals surface area contributed by atoms with E-state index in [2.05, 4.69) is 18.2 Å². The van der Waals surface area contributed by atoms with Crippen molar-refractivity contribution in [3.63, 3.8) is 0 Å². The average molecular weight is 298 g/mol. The fraction of sp³-hybridized carbons (Fsp3) is 0.650. The molecule has 0 aromatic heterocycles. The fourth-order valence-corrected chi connectivity index (χ4v) is 4.99. The molecule has 3 aliphatic carbocycles. The molecule has 3 aliphatic rings. The van der Waals surface area contributed by atoms with E-state index in [0.717, 1.165) is 37.7 Å². The lowest BCUT2D eigenvalue weighted by atomic mass is 9.70. The van der Waals surface area contributed by atoms with E-state index in [1.54, 1.807) is 7.11 Å². The Labute approximate surface area is 133 Å². The number of benzene rings is 1. The molecule has 118 valence electrons. The Morgan fingerprint density at radius 2 is 1.82 bits per heavy atom. The first-order chi connectivity index (χ1) is 10.7. The van der Waals surface area contributed by atoms with Gasteiger partial charge < -0.3 is 4.74 Å². The van der Waals surface area contributed by atoms with Crippen molar-refractivity contribution in [3.8, 4) is 0 Å². The third-order valence-corrected chi connectivity index (χ3v) is 6.44. The molecule has 0 aliphatic heterocycles. The number of hydrogen-bond acceptors (Lipinski definition) is 2. The lowest BCUT2D eigenvalue weighted by Gasteiger charge is -2.35. The number of ether oxygens (including phenoxy) is 1. The Bertz CT molecular complexity index is 575. The van der Waals surface area contributed by atoms with Gasteiger partial charge in [-0.3, -0.25) is 4.79 Å². The molecule has 2 saturated carbocycles. The topological polar surface area (TPSA) is 26.3 Å². The Balaban J connectivity index is 1.59. The van der Waals surface area contributed by atoms with E-state index in [1.807, 2.05) is 0 Å². The van der Waals surface area contributed by atoms with Gasteiger partial charge in [-0.1, -0.05) is 25.0 Å². The van der Waals surface area contributed by atoms with Gasteiger partial charge in [-0.05, 0) is 68.1 Å². The number of fused-ring (bicyclic) bond motifs is 1. The predicted octanol–water partition coefficient (Wildman–Crippen LogP) is 4.66. The molecule has 0 radical (unpaired) electrons. The van der Waals surface area contributed by atoms with Gasteiger partial charge in [0.15, 0.2) is 5.78 Å². The van der Waals surface area contributed by atoms with E-state index >= 15 is 0 Å². The van der Waals surface area contributed by atoms with Crippen LogP contribution in [0, 0.1) is 5.41 Å². The van der Waals surface area contributed by atoms with Gasteiger partial charge in [-0.25, -0.2) is 0 Å². The molecule has 0 bridgehead atoms. The summed E-state index contributed by atoms with van der Waals surface area (Å²) in [5, 5.41) is 0. The molecule has 0 heterocycles. The van der Waals surface area contributed by atoms with Crippen molar-refractivity contribution >= 4 is 5.78 Å². The maximum absolute atomic E-state index is 13.1. The highest BCUT2D eigenvalue weighted by Crippen LogP contribution is 2.48. The number of carbonyl (C=O) groups excluding carboxylic acids is 1. The zero-order chi connectivity index (χ0) is 15.2. The SMILES string of the molecule is COC1CCC2(CC1)Cc1ccc(C3CCCC3)cc1C2=O. The summed E-state index contributed by atoms with van der Waals surface area (Å²) in [6, 6.07) is 6.78. The number of hydrogen-bond donors (Lipinski definition) is 0. The van der Waals surface area contributed by atoms with E-state index in [-0.39, 0.29) is 5.41 Å². The van der Waals surface area contributed by atoms with Gasteiger partial charge in [0.2, 0.25) is 0 Å². The molecular weight excluding hydrogens is 272 g/mol. The smallest absolute Gasteiger partial charge is 0.169 e. The van der Waals surface area contributed by atoms with Crippen molar-refractivity contribution in [2.24, 2.45) is 5.41 Å². The molecule has 0 unspecified atom stereocenters. The minimum absolute atomic E-state index is 0.105. The predicted molar refractivity (Wildman–Crippen MR) is 87.4 cm³/mol. The van der Waals surface area contributed by atoms with Crippen LogP contribution in [0.4, 0.5) is 0 Å². The third kappa shape index (κ3) is 2.23. The van der Waals surface area contributed by atoms with Crippen molar-refractivity contribution in [3.05, 3.63) is 34.9 Å². The molecule has 1 aromatic rings. The quantitative estimate of drug-likeness (QED) is 0.794. The molecule has 4 rings (SSSR count). The first kappa shape index (κ1) is 14.4. The van der Waals surface area contributed by atoms with Crippen LogP contribution in [0.3, 0.4) is 0 Å². The minimum atomic E-state index is -0.105. The Morgan fingerprint density at radius 1 is 1.09 bits per heavy atom. The average Bonchev–Trinajstić information content (AvgIpc) is 3.17. The third-order valence-electron chi connectivity index (χ3n) is 6.44. The van der Waals surface area contributed by atoms with Gasteiger partial charge in [0.25, 0.3) is 0 Å². The van der Waals surface area contributed by atoms with Gasteiger partial charge in [-0.15, -0.1) is 0 Å². The van der Waals surface area contributed by atoms with Crippen LogP contribution < -0.4 is 0 Å². The molecule has 0 N–H and O–H groups in total. The summed E-state index contributed by atoms with van der Waals surface area (Å²) >= 11 is 0. The lowest BCUT2D eigenvalue weighted by Crippen LogP contribution is -2.35. The van der Waals surface area contributed by atoms with Crippen LogP contribution in [0.25, 0.3) is 0 Å². The van der Waals surface area contributed by atoms with Crippen LogP contribution in [0.5, 0.6) is 0 Å². The maximum Gasteiger partial charge on any atom is 0.169 e. The molecule has 1 aromatic carbocycles. The van der Waals surface area contributed by atoms with Crippen molar-refractivity contribution in [2.45, 2.75) is 69.8 Å². The van der Waals surface area contributed by atoms with Crippen molar-refractivity contribution in [1.82, 2.24) is 0 Å². The standard InChI is InChI=1S/C20H26O2/c1-22-17-8-10-20(11-9-17)13-16-7-6-15(12-18(16)19(20)21)14-4-2-3-5-14/h6-7,12,14,17H,2-5,8-11,13H2,1H3. The number of methoxy groups -OCH3 is 1. The van der Waals surface area contributed by atoms with E-state index in [4.69, 9.17) is 4.74 Å². The summed E-state index contributed by atoms with van der Waals surface area (Å²) in [6.07, 6.45) is 10.7. The summed E-state index contributed by atoms with van der Waals surface area (Å²) in [5.74, 6) is 1.12. The molecule has 2 heteroatoms. The normalized spacial score (nSPS) is 31.9. The van der Waals surface area contributed by atoms with Crippen LogP contribution in [0.15, 0.2) is 18.2 Å². The minimum Gasteiger partial charge on any atom is -0.381 e. The van der Waals surface area contributed by atoms with Crippen molar-refractivity contribution < 1.29 is 9.53 Å². The summed E-state index contributed by atoms with van der Waals surface area (Å²) in [6.45, 7) is 0. The molecule has 0 atom stereocenters. The Kier molecular flexibility index (Phi) is 3.60. The zero-order valence-corrected chi connectivity index (χ0v) is 13.6. The number of rotatable bonds is 2. The molecule has 2 fully saturated rings. The first-order valence-corrected chi connectivity index (χ1v) is 8.92. The second-order valence-corrected chi connectivity index (χ2v) is 7.62.